The summed E-state index contributed by atoms with van der Waals surface area (Å²) in [7, 11) is 0. The number of amides is 2. The van der Waals surface area contributed by atoms with E-state index < -0.39 is 0 Å². The standard InChI is InChI=1S/C24H30ClN5O3/c1-3-15(2)33-24(32)29-13-18-12-19(25)6-7-20(18)30-21(14-29)26-27-22(30)16-8-10-28(11-9-16)23(31)17-4-5-17/h6-7,12,15-17H,3-5,8-11,13-14H2,1-2H3/t15-/m0/s1. The van der Waals surface area contributed by atoms with Crippen molar-refractivity contribution in [3.63, 3.8) is 0 Å². The molecule has 0 radical (unpaired) electrons. The molecular formula is C24H30ClN5O3. The zero-order valence-corrected chi connectivity index (χ0v) is 19.9. The first-order chi connectivity index (χ1) is 15.9. The largest absolute Gasteiger partial charge is 0.446 e. The molecule has 9 heteroatoms. The highest BCUT2D eigenvalue weighted by Crippen LogP contribution is 2.36. The van der Waals surface area contributed by atoms with Crippen LogP contribution < -0.4 is 0 Å². The van der Waals surface area contributed by atoms with Crippen LogP contribution in [-0.2, 0) is 22.6 Å². The Morgan fingerprint density at radius 2 is 1.88 bits per heavy atom. The van der Waals surface area contributed by atoms with Crippen LogP contribution in [0.5, 0.6) is 0 Å². The second-order valence-corrected chi connectivity index (χ2v) is 9.85. The molecule has 0 spiro atoms. The quantitative estimate of drug-likeness (QED) is 0.664. The number of carbonyl (C=O) groups excluding carboxylic acids is 2. The Labute approximate surface area is 198 Å². The monoisotopic (exact) mass is 471 g/mol. The smallest absolute Gasteiger partial charge is 0.410 e. The van der Waals surface area contributed by atoms with Gasteiger partial charge in [-0.2, -0.15) is 0 Å². The van der Waals surface area contributed by atoms with E-state index in [4.69, 9.17) is 16.3 Å². The summed E-state index contributed by atoms with van der Waals surface area (Å²) in [5.41, 5.74) is 1.88. The summed E-state index contributed by atoms with van der Waals surface area (Å²) in [5.74, 6) is 2.37. The number of piperidine rings is 1. The van der Waals surface area contributed by atoms with Crippen LogP contribution in [-0.4, -0.2) is 55.8 Å². The lowest BCUT2D eigenvalue weighted by Gasteiger charge is -2.32. The fraction of sp³-hybridized carbons (Fsp3) is 0.583. The zero-order valence-electron chi connectivity index (χ0n) is 19.2. The number of rotatable bonds is 4. The lowest BCUT2D eigenvalue weighted by Crippen LogP contribution is -2.39. The molecule has 1 aromatic carbocycles. The third-order valence-corrected chi connectivity index (χ3v) is 7.20. The molecule has 1 aliphatic carbocycles. The third-order valence-electron chi connectivity index (χ3n) is 6.96. The number of fused-ring (bicyclic) bond motifs is 3. The van der Waals surface area contributed by atoms with Gasteiger partial charge in [0.25, 0.3) is 0 Å². The average molecular weight is 472 g/mol. The second-order valence-electron chi connectivity index (χ2n) is 9.42. The Morgan fingerprint density at radius 3 is 2.58 bits per heavy atom. The van der Waals surface area contributed by atoms with E-state index in [1.165, 1.54) is 0 Å². The number of likely N-dealkylation sites (tertiary alicyclic amines) is 1. The number of carbonyl (C=O) groups is 2. The van der Waals surface area contributed by atoms with Crippen molar-refractivity contribution in [1.29, 1.82) is 0 Å². The van der Waals surface area contributed by atoms with E-state index in [0.29, 0.717) is 29.8 Å². The Kier molecular flexibility index (Phi) is 6.03. The van der Waals surface area contributed by atoms with Crippen molar-refractivity contribution in [3.05, 3.63) is 40.4 Å². The Balaban J connectivity index is 1.43. The van der Waals surface area contributed by atoms with Crippen molar-refractivity contribution < 1.29 is 14.3 Å². The number of halogens is 1. The highest BCUT2D eigenvalue weighted by atomic mass is 35.5. The van der Waals surface area contributed by atoms with Crippen LogP contribution in [0.1, 0.15) is 69.1 Å². The van der Waals surface area contributed by atoms with Crippen LogP contribution in [0, 0.1) is 5.92 Å². The van der Waals surface area contributed by atoms with E-state index in [-0.39, 0.29) is 24.0 Å². The van der Waals surface area contributed by atoms with E-state index >= 15 is 0 Å². The Hall–Kier alpha value is -2.61. The van der Waals surface area contributed by atoms with Gasteiger partial charge in [-0.15, -0.1) is 10.2 Å². The molecule has 176 valence electrons. The van der Waals surface area contributed by atoms with Crippen LogP contribution in [0.3, 0.4) is 0 Å². The lowest BCUT2D eigenvalue weighted by atomic mass is 9.95. The van der Waals surface area contributed by atoms with Gasteiger partial charge < -0.3 is 9.64 Å². The summed E-state index contributed by atoms with van der Waals surface area (Å²) >= 11 is 6.32. The van der Waals surface area contributed by atoms with Crippen molar-refractivity contribution >= 4 is 23.6 Å². The predicted octanol–water partition coefficient (Wildman–Crippen LogP) is 4.29. The second kappa shape index (κ2) is 8.97. The summed E-state index contributed by atoms with van der Waals surface area (Å²) in [6, 6.07) is 5.73. The molecule has 1 atom stereocenters. The summed E-state index contributed by atoms with van der Waals surface area (Å²) < 4.78 is 7.68. The lowest BCUT2D eigenvalue weighted by molar-refractivity contribution is -0.133. The van der Waals surface area contributed by atoms with Crippen molar-refractivity contribution in [1.82, 2.24) is 24.6 Å². The summed E-state index contributed by atoms with van der Waals surface area (Å²) in [4.78, 5) is 29.0. The van der Waals surface area contributed by atoms with E-state index in [1.807, 2.05) is 36.9 Å². The molecule has 3 heterocycles. The molecular weight excluding hydrogens is 442 g/mol. The number of nitrogens with zero attached hydrogens (tertiary/aromatic N) is 5. The van der Waals surface area contributed by atoms with Crippen LogP contribution in [0.25, 0.3) is 5.69 Å². The maximum absolute atomic E-state index is 12.9. The topological polar surface area (TPSA) is 80.6 Å². The van der Waals surface area contributed by atoms with Gasteiger partial charge >= 0.3 is 6.09 Å². The molecule has 8 nitrogen and oxygen atoms in total. The molecule has 2 aromatic rings. The minimum absolute atomic E-state index is 0.156. The normalized spacial score (nSPS) is 19.5. The third kappa shape index (κ3) is 4.45. The van der Waals surface area contributed by atoms with Gasteiger partial charge in [-0.05, 0) is 62.8 Å². The first-order valence-electron chi connectivity index (χ1n) is 11.9. The van der Waals surface area contributed by atoms with Gasteiger partial charge in [-0.25, -0.2) is 4.79 Å². The van der Waals surface area contributed by atoms with Gasteiger partial charge in [-0.1, -0.05) is 18.5 Å². The maximum atomic E-state index is 12.9. The van der Waals surface area contributed by atoms with E-state index in [2.05, 4.69) is 14.8 Å². The maximum Gasteiger partial charge on any atom is 0.410 e. The molecule has 1 saturated heterocycles. The van der Waals surface area contributed by atoms with Gasteiger partial charge in [0.2, 0.25) is 5.91 Å². The van der Waals surface area contributed by atoms with Crippen LogP contribution in [0.15, 0.2) is 18.2 Å². The molecule has 5 rings (SSSR count). The molecule has 0 unspecified atom stereocenters. The number of benzene rings is 1. The van der Waals surface area contributed by atoms with Crippen molar-refractivity contribution in [3.8, 4) is 5.69 Å². The first kappa shape index (κ1) is 22.2. The molecule has 3 aliphatic rings. The highest BCUT2D eigenvalue weighted by molar-refractivity contribution is 6.30. The van der Waals surface area contributed by atoms with Crippen molar-refractivity contribution in [2.75, 3.05) is 13.1 Å². The Morgan fingerprint density at radius 1 is 1.12 bits per heavy atom. The summed E-state index contributed by atoms with van der Waals surface area (Å²) in [6.07, 6.45) is 4.03. The molecule has 1 aromatic heterocycles. The molecule has 2 amide bonds. The number of hydrogen-bond donors (Lipinski definition) is 0. The average Bonchev–Trinajstić information content (AvgIpc) is 3.61. The van der Waals surface area contributed by atoms with Crippen molar-refractivity contribution in [2.45, 2.75) is 71.1 Å². The first-order valence-corrected chi connectivity index (χ1v) is 12.3. The molecule has 1 saturated carbocycles. The van der Waals surface area contributed by atoms with Gasteiger partial charge in [0.1, 0.15) is 11.9 Å². The van der Waals surface area contributed by atoms with Gasteiger partial charge in [0, 0.05) is 29.9 Å². The molecule has 33 heavy (non-hydrogen) atoms. The van der Waals surface area contributed by atoms with Gasteiger partial charge in [0.05, 0.1) is 18.8 Å². The zero-order chi connectivity index (χ0) is 23.1. The van der Waals surface area contributed by atoms with E-state index in [9.17, 15) is 9.59 Å². The highest BCUT2D eigenvalue weighted by Gasteiger charge is 2.37. The van der Waals surface area contributed by atoms with E-state index in [0.717, 1.165) is 62.3 Å². The van der Waals surface area contributed by atoms with Crippen molar-refractivity contribution in [2.24, 2.45) is 5.92 Å². The minimum atomic E-state index is -0.361. The molecule has 0 bridgehead atoms. The number of hydrogen-bond acceptors (Lipinski definition) is 5. The van der Waals surface area contributed by atoms with Crippen LogP contribution in [0.4, 0.5) is 4.79 Å². The molecule has 2 aliphatic heterocycles. The fourth-order valence-corrected chi connectivity index (χ4v) is 4.89. The SMILES string of the molecule is CC[C@H](C)OC(=O)N1Cc2cc(Cl)ccc2-n2c(nnc2C2CCN(C(=O)C3CC3)CC2)C1. The predicted molar refractivity (Wildman–Crippen MR) is 123 cm³/mol. The Bertz CT molecular complexity index is 1060. The van der Waals surface area contributed by atoms with Crippen LogP contribution >= 0.6 is 11.6 Å². The molecule has 0 N–H and O–H groups in total. The number of aromatic nitrogens is 3. The van der Waals surface area contributed by atoms with Crippen LogP contribution in [0.2, 0.25) is 5.02 Å². The molecule has 2 fully saturated rings. The summed E-state index contributed by atoms with van der Waals surface area (Å²) in [6.45, 7) is 6.09. The summed E-state index contributed by atoms with van der Waals surface area (Å²) in [5, 5.41) is 9.68. The minimum Gasteiger partial charge on any atom is -0.446 e. The van der Waals surface area contributed by atoms with Gasteiger partial charge in [0.15, 0.2) is 5.82 Å². The van der Waals surface area contributed by atoms with Gasteiger partial charge in [-0.3, -0.25) is 14.3 Å². The van der Waals surface area contributed by atoms with E-state index in [1.54, 1.807) is 4.90 Å². The number of ether oxygens (including phenoxy) is 1. The fourth-order valence-electron chi connectivity index (χ4n) is 4.70.